The minimum atomic E-state index is 0.134. The Balaban J connectivity index is 2.45. The first kappa shape index (κ1) is 10.0. The van der Waals surface area contributed by atoms with Crippen LogP contribution in [0.4, 0.5) is 0 Å². The average molecular weight is 210 g/mol. The molecule has 1 fully saturated rings. The van der Waals surface area contributed by atoms with E-state index in [0.29, 0.717) is 0 Å². The fourth-order valence-electron chi connectivity index (χ4n) is 2.33. The van der Waals surface area contributed by atoms with Crippen LogP contribution < -0.4 is 5.32 Å². The highest BCUT2D eigenvalue weighted by Crippen LogP contribution is 2.34. The maximum absolute atomic E-state index is 6.13. The number of hydrogen-bond acceptors (Lipinski definition) is 1. The van der Waals surface area contributed by atoms with Gasteiger partial charge in [-0.2, -0.15) is 0 Å². The fourth-order valence-corrected chi connectivity index (χ4v) is 2.50. The highest BCUT2D eigenvalue weighted by atomic mass is 35.5. The summed E-state index contributed by atoms with van der Waals surface area (Å²) in [6.45, 7) is 5.48. The van der Waals surface area contributed by atoms with Crippen LogP contribution in [-0.4, -0.2) is 6.54 Å². The quantitative estimate of drug-likeness (QED) is 0.749. The molecule has 0 saturated carbocycles. The molecule has 1 unspecified atom stereocenters. The summed E-state index contributed by atoms with van der Waals surface area (Å²) in [5.74, 6) is 0. The fraction of sp³-hybridized carbons (Fsp3) is 0.500. The monoisotopic (exact) mass is 209 g/mol. The van der Waals surface area contributed by atoms with Gasteiger partial charge in [0.25, 0.3) is 0 Å². The molecule has 0 radical (unpaired) electrons. The van der Waals surface area contributed by atoms with Gasteiger partial charge < -0.3 is 5.32 Å². The zero-order valence-electron chi connectivity index (χ0n) is 8.73. The predicted molar refractivity (Wildman–Crippen MR) is 60.8 cm³/mol. The smallest absolute Gasteiger partial charge is 0.0438 e. The van der Waals surface area contributed by atoms with Crippen molar-refractivity contribution in [2.45, 2.75) is 32.2 Å². The molecule has 2 rings (SSSR count). The molecule has 1 nitrogen and oxygen atoms in total. The Morgan fingerprint density at radius 1 is 1.43 bits per heavy atom. The predicted octanol–water partition coefficient (Wildman–Crippen LogP) is 3.25. The lowest BCUT2D eigenvalue weighted by Crippen LogP contribution is -2.33. The summed E-state index contributed by atoms with van der Waals surface area (Å²) in [5.41, 5.74) is 2.70. The number of hydrogen-bond donors (Lipinski definition) is 1. The van der Waals surface area contributed by atoms with E-state index in [1.54, 1.807) is 0 Å². The molecule has 76 valence electrons. The van der Waals surface area contributed by atoms with E-state index in [4.69, 9.17) is 11.6 Å². The van der Waals surface area contributed by atoms with Crippen LogP contribution in [-0.2, 0) is 5.54 Å². The third-order valence-corrected chi connectivity index (χ3v) is 3.64. The van der Waals surface area contributed by atoms with Crippen LogP contribution in [0.3, 0.4) is 0 Å². The lowest BCUT2D eigenvalue weighted by atomic mass is 9.87. The third kappa shape index (κ3) is 1.55. The summed E-state index contributed by atoms with van der Waals surface area (Å²) < 4.78 is 0. The number of benzene rings is 1. The highest BCUT2D eigenvalue weighted by molar-refractivity contribution is 6.31. The number of nitrogens with one attached hydrogen (secondary N) is 1. The highest BCUT2D eigenvalue weighted by Gasteiger charge is 2.31. The van der Waals surface area contributed by atoms with Gasteiger partial charge in [-0.05, 0) is 50.4 Å². The first-order valence-corrected chi connectivity index (χ1v) is 5.52. The van der Waals surface area contributed by atoms with Crippen LogP contribution in [0, 0.1) is 6.92 Å². The van der Waals surface area contributed by atoms with Crippen molar-refractivity contribution in [2.75, 3.05) is 6.54 Å². The van der Waals surface area contributed by atoms with Crippen LogP contribution in [0.25, 0.3) is 0 Å². The van der Waals surface area contributed by atoms with Crippen molar-refractivity contribution in [3.8, 4) is 0 Å². The Morgan fingerprint density at radius 2 is 2.21 bits per heavy atom. The van der Waals surface area contributed by atoms with E-state index in [1.807, 2.05) is 12.1 Å². The lowest BCUT2D eigenvalue weighted by Gasteiger charge is -2.27. The third-order valence-electron chi connectivity index (χ3n) is 3.23. The molecular weight excluding hydrogens is 194 g/mol. The standard InChI is InChI=1S/C12H16ClN/c1-9-10(5-3-6-11(9)13)12(2)7-4-8-14-12/h3,5-6,14H,4,7-8H2,1-2H3. The Morgan fingerprint density at radius 3 is 2.86 bits per heavy atom. The van der Waals surface area contributed by atoms with Crippen LogP contribution >= 0.6 is 11.6 Å². The second-order valence-corrected chi connectivity index (χ2v) is 4.68. The molecule has 1 heterocycles. The summed E-state index contributed by atoms with van der Waals surface area (Å²) in [7, 11) is 0. The maximum atomic E-state index is 6.13. The van der Waals surface area contributed by atoms with E-state index in [-0.39, 0.29) is 5.54 Å². The second-order valence-electron chi connectivity index (χ2n) is 4.27. The van der Waals surface area contributed by atoms with Crippen molar-refractivity contribution in [1.29, 1.82) is 0 Å². The van der Waals surface area contributed by atoms with Gasteiger partial charge in [0.05, 0.1) is 0 Å². The summed E-state index contributed by atoms with van der Waals surface area (Å²) in [6.07, 6.45) is 2.45. The number of rotatable bonds is 1. The molecule has 0 bridgehead atoms. The van der Waals surface area contributed by atoms with Crippen LogP contribution in [0.15, 0.2) is 18.2 Å². The van der Waals surface area contributed by atoms with Crippen LogP contribution in [0.1, 0.15) is 30.9 Å². The van der Waals surface area contributed by atoms with E-state index in [0.717, 1.165) is 11.6 Å². The van der Waals surface area contributed by atoms with Gasteiger partial charge in [0.1, 0.15) is 0 Å². The molecule has 1 aliphatic rings. The molecule has 1 aliphatic heterocycles. The van der Waals surface area contributed by atoms with Crippen molar-refractivity contribution in [3.05, 3.63) is 34.3 Å². The molecule has 0 aromatic heterocycles. The van der Waals surface area contributed by atoms with Gasteiger partial charge in [0.15, 0.2) is 0 Å². The van der Waals surface area contributed by atoms with E-state index < -0.39 is 0 Å². The minimum absolute atomic E-state index is 0.134. The zero-order valence-corrected chi connectivity index (χ0v) is 9.49. The van der Waals surface area contributed by atoms with Crippen molar-refractivity contribution >= 4 is 11.6 Å². The molecule has 1 atom stereocenters. The summed E-state index contributed by atoms with van der Waals surface area (Å²) in [4.78, 5) is 0. The molecule has 1 aromatic carbocycles. The van der Waals surface area contributed by atoms with Gasteiger partial charge in [-0.25, -0.2) is 0 Å². The van der Waals surface area contributed by atoms with E-state index in [2.05, 4.69) is 25.2 Å². The summed E-state index contributed by atoms with van der Waals surface area (Å²) in [6, 6.07) is 6.17. The molecule has 2 heteroatoms. The molecule has 1 N–H and O–H groups in total. The topological polar surface area (TPSA) is 12.0 Å². The Kier molecular flexibility index (Phi) is 2.54. The first-order valence-electron chi connectivity index (χ1n) is 5.14. The zero-order chi connectivity index (χ0) is 10.2. The number of halogens is 1. The lowest BCUT2D eigenvalue weighted by molar-refractivity contribution is 0.432. The summed E-state index contributed by atoms with van der Waals surface area (Å²) >= 11 is 6.13. The molecule has 1 saturated heterocycles. The van der Waals surface area contributed by atoms with Crippen molar-refractivity contribution in [2.24, 2.45) is 0 Å². The van der Waals surface area contributed by atoms with Gasteiger partial charge >= 0.3 is 0 Å². The first-order chi connectivity index (χ1) is 6.63. The normalized spacial score (nSPS) is 26.8. The van der Waals surface area contributed by atoms with Gasteiger partial charge in [-0.15, -0.1) is 0 Å². The van der Waals surface area contributed by atoms with E-state index >= 15 is 0 Å². The Bertz CT molecular complexity index is 340. The SMILES string of the molecule is Cc1c(Cl)cccc1C1(C)CCCN1. The van der Waals surface area contributed by atoms with Gasteiger partial charge in [-0.3, -0.25) is 0 Å². The van der Waals surface area contributed by atoms with E-state index in [9.17, 15) is 0 Å². The minimum Gasteiger partial charge on any atom is -0.308 e. The van der Waals surface area contributed by atoms with Crippen molar-refractivity contribution in [1.82, 2.24) is 5.32 Å². The van der Waals surface area contributed by atoms with Crippen LogP contribution in [0.2, 0.25) is 5.02 Å². The van der Waals surface area contributed by atoms with Crippen molar-refractivity contribution in [3.63, 3.8) is 0 Å². The van der Waals surface area contributed by atoms with Crippen LogP contribution in [0.5, 0.6) is 0 Å². The summed E-state index contributed by atoms with van der Waals surface area (Å²) in [5, 5.41) is 4.43. The molecule has 0 aliphatic carbocycles. The maximum Gasteiger partial charge on any atom is 0.0438 e. The molecule has 14 heavy (non-hydrogen) atoms. The van der Waals surface area contributed by atoms with E-state index in [1.165, 1.54) is 24.0 Å². The Labute approximate surface area is 90.5 Å². The van der Waals surface area contributed by atoms with Gasteiger partial charge in [0, 0.05) is 10.6 Å². The Hall–Kier alpha value is -0.530. The van der Waals surface area contributed by atoms with Crippen molar-refractivity contribution < 1.29 is 0 Å². The molecular formula is C12H16ClN. The second kappa shape index (κ2) is 3.56. The molecule has 0 spiro atoms. The molecule has 1 aromatic rings. The molecule has 0 amide bonds. The van der Waals surface area contributed by atoms with Gasteiger partial charge in [-0.1, -0.05) is 23.7 Å². The van der Waals surface area contributed by atoms with Gasteiger partial charge in [0.2, 0.25) is 0 Å². The largest absolute Gasteiger partial charge is 0.308 e. The average Bonchev–Trinajstić information content (AvgIpc) is 2.58.